The summed E-state index contributed by atoms with van der Waals surface area (Å²) < 4.78 is 23.4. The summed E-state index contributed by atoms with van der Waals surface area (Å²) in [5, 5.41) is 0.669. The van der Waals surface area contributed by atoms with Crippen LogP contribution in [0.2, 0.25) is 5.02 Å². The van der Waals surface area contributed by atoms with E-state index < -0.39 is 9.84 Å². The summed E-state index contributed by atoms with van der Waals surface area (Å²) in [6, 6.07) is 12.5. The lowest BCUT2D eigenvalue weighted by molar-refractivity contribution is 0.602. The second-order valence-corrected chi connectivity index (χ2v) is 7.30. The van der Waals surface area contributed by atoms with E-state index in [0.29, 0.717) is 17.3 Å². The normalized spacial score (nSPS) is 11.4. The molecule has 0 saturated carbocycles. The summed E-state index contributed by atoms with van der Waals surface area (Å²) in [5.41, 5.74) is 7.88. The number of benzene rings is 2. The molecule has 112 valence electrons. The molecule has 0 unspecified atom stereocenters. The molecule has 2 N–H and O–H groups in total. The second-order valence-electron chi connectivity index (χ2n) is 4.91. The standard InChI is InChI=1S/C15H17ClN2O2S/c1-18(10-11-6-3-4-7-12(11)16)13-8-5-9-14(15(13)17)21(2,19)20/h3-9H,10,17H2,1-2H3. The van der Waals surface area contributed by atoms with Crippen molar-refractivity contribution in [2.24, 2.45) is 0 Å². The second kappa shape index (κ2) is 5.95. The Morgan fingerprint density at radius 2 is 1.81 bits per heavy atom. The van der Waals surface area contributed by atoms with Gasteiger partial charge in [0.25, 0.3) is 0 Å². The van der Waals surface area contributed by atoms with Gasteiger partial charge in [0.1, 0.15) is 0 Å². The van der Waals surface area contributed by atoms with Crippen molar-refractivity contribution >= 4 is 32.8 Å². The molecule has 0 aliphatic heterocycles. The van der Waals surface area contributed by atoms with Gasteiger partial charge in [-0.05, 0) is 23.8 Å². The maximum atomic E-state index is 11.7. The SMILES string of the molecule is CN(Cc1ccccc1Cl)c1cccc(S(C)(=O)=O)c1N. The number of nitrogen functional groups attached to an aromatic ring is 1. The zero-order valence-corrected chi connectivity index (χ0v) is 13.4. The first kappa shape index (κ1) is 15.7. The Balaban J connectivity index is 2.37. The number of nitrogens with two attached hydrogens (primary N) is 1. The van der Waals surface area contributed by atoms with Gasteiger partial charge in [0.15, 0.2) is 9.84 Å². The molecule has 0 amide bonds. The van der Waals surface area contributed by atoms with E-state index in [1.165, 1.54) is 6.07 Å². The highest BCUT2D eigenvalue weighted by Crippen LogP contribution is 2.30. The van der Waals surface area contributed by atoms with Gasteiger partial charge < -0.3 is 10.6 Å². The quantitative estimate of drug-likeness (QED) is 0.878. The average molecular weight is 325 g/mol. The summed E-state index contributed by atoms with van der Waals surface area (Å²) in [5.74, 6) is 0. The van der Waals surface area contributed by atoms with Crippen LogP contribution in [0, 0.1) is 0 Å². The summed E-state index contributed by atoms with van der Waals surface area (Å²) in [4.78, 5) is 2.02. The van der Waals surface area contributed by atoms with Gasteiger partial charge in [-0.15, -0.1) is 0 Å². The predicted octanol–water partition coefficient (Wildman–Crippen LogP) is 2.96. The molecule has 0 atom stereocenters. The van der Waals surface area contributed by atoms with Gasteiger partial charge in [-0.3, -0.25) is 0 Å². The van der Waals surface area contributed by atoms with Gasteiger partial charge in [-0.2, -0.15) is 0 Å². The van der Waals surface area contributed by atoms with Crippen molar-refractivity contribution in [3.63, 3.8) is 0 Å². The van der Waals surface area contributed by atoms with Crippen molar-refractivity contribution in [1.82, 2.24) is 0 Å². The summed E-state index contributed by atoms with van der Waals surface area (Å²) in [6.07, 6.45) is 1.15. The summed E-state index contributed by atoms with van der Waals surface area (Å²) in [6.45, 7) is 0.539. The molecule has 21 heavy (non-hydrogen) atoms. The highest BCUT2D eigenvalue weighted by atomic mass is 35.5. The highest BCUT2D eigenvalue weighted by molar-refractivity contribution is 7.90. The van der Waals surface area contributed by atoms with E-state index >= 15 is 0 Å². The molecule has 0 aromatic heterocycles. The van der Waals surface area contributed by atoms with Crippen molar-refractivity contribution in [3.05, 3.63) is 53.1 Å². The van der Waals surface area contributed by atoms with Crippen LogP contribution in [0.4, 0.5) is 11.4 Å². The Morgan fingerprint density at radius 1 is 1.14 bits per heavy atom. The van der Waals surface area contributed by atoms with Crippen LogP contribution in [0.3, 0.4) is 0 Å². The number of para-hydroxylation sites is 1. The summed E-state index contributed by atoms with van der Waals surface area (Å²) >= 11 is 6.15. The fourth-order valence-corrected chi connectivity index (χ4v) is 3.18. The topological polar surface area (TPSA) is 63.4 Å². The molecule has 2 aromatic rings. The van der Waals surface area contributed by atoms with Crippen LogP contribution in [0.1, 0.15) is 5.56 Å². The minimum Gasteiger partial charge on any atom is -0.396 e. The third kappa shape index (κ3) is 3.49. The monoisotopic (exact) mass is 324 g/mol. The van der Waals surface area contributed by atoms with E-state index in [4.69, 9.17) is 17.3 Å². The number of anilines is 2. The maximum absolute atomic E-state index is 11.7. The van der Waals surface area contributed by atoms with Crippen LogP contribution < -0.4 is 10.6 Å². The zero-order valence-electron chi connectivity index (χ0n) is 11.9. The lowest BCUT2D eigenvalue weighted by Crippen LogP contribution is -2.19. The lowest BCUT2D eigenvalue weighted by atomic mass is 10.2. The number of sulfone groups is 1. The van der Waals surface area contributed by atoms with E-state index in [2.05, 4.69) is 0 Å². The van der Waals surface area contributed by atoms with E-state index in [-0.39, 0.29) is 10.6 Å². The zero-order chi connectivity index (χ0) is 15.6. The molecule has 2 aromatic carbocycles. The molecule has 0 fully saturated rings. The Hall–Kier alpha value is -1.72. The number of nitrogens with zero attached hydrogens (tertiary/aromatic N) is 1. The molecule has 0 aliphatic rings. The number of rotatable bonds is 4. The van der Waals surface area contributed by atoms with Gasteiger partial charge in [0, 0.05) is 24.9 Å². The largest absolute Gasteiger partial charge is 0.396 e. The maximum Gasteiger partial charge on any atom is 0.177 e. The lowest BCUT2D eigenvalue weighted by Gasteiger charge is -2.22. The minimum absolute atomic E-state index is 0.144. The van der Waals surface area contributed by atoms with Gasteiger partial charge in [-0.25, -0.2) is 8.42 Å². The molecule has 0 aliphatic carbocycles. The van der Waals surface area contributed by atoms with Gasteiger partial charge in [0.2, 0.25) is 0 Å². The van der Waals surface area contributed by atoms with Gasteiger partial charge in [-0.1, -0.05) is 35.9 Å². The van der Waals surface area contributed by atoms with Crippen LogP contribution >= 0.6 is 11.6 Å². The van der Waals surface area contributed by atoms with E-state index in [1.54, 1.807) is 12.1 Å². The molecule has 0 spiro atoms. The average Bonchev–Trinajstić information content (AvgIpc) is 2.40. The Kier molecular flexibility index (Phi) is 4.44. The van der Waals surface area contributed by atoms with Crippen LogP contribution in [-0.2, 0) is 16.4 Å². The van der Waals surface area contributed by atoms with Crippen molar-refractivity contribution in [3.8, 4) is 0 Å². The molecule has 0 bridgehead atoms. The predicted molar refractivity (Wildman–Crippen MR) is 87.5 cm³/mol. The molecule has 0 saturated heterocycles. The van der Waals surface area contributed by atoms with Crippen LogP contribution in [0.5, 0.6) is 0 Å². The molecule has 6 heteroatoms. The number of hydrogen-bond acceptors (Lipinski definition) is 4. The molecule has 2 rings (SSSR count). The fraction of sp³-hybridized carbons (Fsp3) is 0.200. The smallest absolute Gasteiger partial charge is 0.177 e. The van der Waals surface area contributed by atoms with Crippen molar-refractivity contribution in [2.45, 2.75) is 11.4 Å². The highest BCUT2D eigenvalue weighted by Gasteiger charge is 2.16. The minimum atomic E-state index is -3.35. The van der Waals surface area contributed by atoms with Crippen molar-refractivity contribution in [2.75, 3.05) is 23.9 Å². The number of hydrogen-bond donors (Lipinski definition) is 1. The first-order valence-electron chi connectivity index (χ1n) is 6.34. The Bertz CT molecular complexity index is 760. The molecular formula is C15H17ClN2O2S. The first-order valence-corrected chi connectivity index (χ1v) is 8.60. The van der Waals surface area contributed by atoms with Crippen LogP contribution in [0.15, 0.2) is 47.4 Å². The Labute approximate surface area is 130 Å². The molecular weight excluding hydrogens is 308 g/mol. The van der Waals surface area contributed by atoms with Crippen molar-refractivity contribution < 1.29 is 8.42 Å². The van der Waals surface area contributed by atoms with E-state index in [9.17, 15) is 8.42 Å². The third-order valence-electron chi connectivity index (χ3n) is 3.22. The molecule has 0 radical (unpaired) electrons. The van der Waals surface area contributed by atoms with Crippen LogP contribution in [-0.4, -0.2) is 21.7 Å². The van der Waals surface area contributed by atoms with Gasteiger partial charge >= 0.3 is 0 Å². The Morgan fingerprint density at radius 3 is 2.43 bits per heavy atom. The molecule has 0 heterocycles. The van der Waals surface area contributed by atoms with E-state index in [0.717, 1.165) is 11.8 Å². The molecule has 4 nitrogen and oxygen atoms in total. The summed E-state index contributed by atoms with van der Waals surface area (Å²) in [7, 11) is -1.50. The first-order chi connectivity index (χ1) is 9.80. The van der Waals surface area contributed by atoms with Crippen molar-refractivity contribution in [1.29, 1.82) is 0 Å². The van der Waals surface area contributed by atoms with Gasteiger partial charge in [0.05, 0.1) is 16.3 Å². The van der Waals surface area contributed by atoms with E-state index in [1.807, 2.05) is 36.2 Å². The number of halogens is 1. The third-order valence-corrected chi connectivity index (χ3v) is 4.74. The van der Waals surface area contributed by atoms with Crippen LogP contribution in [0.25, 0.3) is 0 Å². The fourth-order valence-electron chi connectivity index (χ4n) is 2.16.